The predicted octanol–water partition coefficient (Wildman–Crippen LogP) is 1.43. The van der Waals surface area contributed by atoms with E-state index >= 15 is 0 Å². The highest BCUT2D eigenvalue weighted by Gasteiger charge is 2.34. The first kappa shape index (κ1) is 14.8. The number of hydrogen-bond acceptors (Lipinski definition) is 3. The van der Waals surface area contributed by atoms with Crippen LogP contribution in [0.5, 0.6) is 0 Å². The van der Waals surface area contributed by atoms with E-state index in [0.717, 1.165) is 12.3 Å². The number of fused-ring (bicyclic) bond motifs is 3. The number of hydrogen-bond donors (Lipinski definition) is 1. The second-order valence-corrected chi connectivity index (χ2v) is 6.93. The fourth-order valence-corrected chi connectivity index (χ4v) is 4.26. The molecule has 5 heteroatoms. The normalized spacial score (nSPS) is 33.1. The van der Waals surface area contributed by atoms with E-state index < -0.39 is 5.97 Å². The first-order valence-electron chi connectivity index (χ1n) is 8.36. The summed E-state index contributed by atoms with van der Waals surface area (Å²) in [5.74, 6) is 0.800. The largest absolute Gasteiger partial charge is 0.481 e. The van der Waals surface area contributed by atoms with Gasteiger partial charge in [0.2, 0.25) is 5.91 Å². The molecule has 0 aromatic rings. The van der Waals surface area contributed by atoms with Gasteiger partial charge in [-0.25, -0.2) is 0 Å². The third-order valence-corrected chi connectivity index (χ3v) is 5.72. The highest BCUT2D eigenvalue weighted by Crippen LogP contribution is 2.35. The third-order valence-electron chi connectivity index (χ3n) is 5.72. The van der Waals surface area contributed by atoms with Gasteiger partial charge in [-0.3, -0.25) is 9.59 Å². The zero-order valence-electron chi connectivity index (χ0n) is 12.7. The van der Waals surface area contributed by atoms with Crippen LogP contribution in [0.3, 0.4) is 0 Å². The molecule has 4 heterocycles. The smallest absolute Gasteiger partial charge is 0.306 e. The average Bonchev–Trinajstić information content (AvgIpc) is 2.54. The van der Waals surface area contributed by atoms with E-state index in [1.165, 1.54) is 32.5 Å². The summed E-state index contributed by atoms with van der Waals surface area (Å²) in [6.07, 6.45) is 5.50. The lowest BCUT2D eigenvalue weighted by molar-refractivity contribution is -0.145. The Morgan fingerprint density at radius 1 is 1.00 bits per heavy atom. The van der Waals surface area contributed by atoms with E-state index in [2.05, 4.69) is 4.90 Å². The molecule has 1 atom stereocenters. The minimum Gasteiger partial charge on any atom is -0.481 e. The van der Waals surface area contributed by atoms with Crippen LogP contribution < -0.4 is 0 Å². The van der Waals surface area contributed by atoms with Crippen molar-refractivity contribution in [3.63, 3.8) is 0 Å². The van der Waals surface area contributed by atoms with Crippen LogP contribution in [0.4, 0.5) is 0 Å². The van der Waals surface area contributed by atoms with Gasteiger partial charge < -0.3 is 14.9 Å². The van der Waals surface area contributed by atoms with E-state index in [0.29, 0.717) is 38.3 Å². The number of amides is 1. The minimum atomic E-state index is -0.714. The molecule has 4 aliphatic heterocycles. The van der Waals surface area contributed by atoms with Crippen molar-refractivity contribution >= 4 is 11.9 Å². The number of piperidine rings is 4. The molecule has 4 aliphatic rings. The zero-order chi connectivity index (χ0) is 14.8. The number of nitrogens with zero attached hydrogens (tertiary/aromatic N) is 2. The Hall–Kier alpha value is -1.10. The van der Waals surface area contributed by atoms with Crippen LogP contribution in [0, 0.1) is 17.8 Å². The number of carbonyl (C=O) groups excluding carboxylic acids is 1. The quantitative estimate of drug-likeness (QED) is 0.852. The molecule has 0 radical (unpaired) electrons. The standard InChI is InChI=1S/C16H26N2O3/c19-15(18-9-5-13(6-10-18)16(20)21)2-1-14-11-17-7-3-12(14)4-8-17/h12-14H,1-11H2,(H,20,21). The van der Waals surface area contributed by atoms with Gasteiger partial charge in [0.15, 0.2) is 0 Å². The number of carboxylic acids is 1. The average molecular weight is 294 g/mol. The highest BCUT2D eigenvalue weighted by molar-refractivity contribution is 5.77. The maximum atomic E-state index is 12.3. The summed E-state index contributed by atoms with van der Waals surface area (Å²) in [5, 5.41) is 8.99. The molecule has 1 N–H and O–H groups in total. The molecular weight excluding hydrogens is 268 g/mol. The maximum absolute atomic E-state index is 12.3. The van der Waals surface area contributed by atoms with Crippen molar-refractivity contribution in [2.75, 3.05) is 32.7 Å². The second kappa shape index (κ2) is 6.34. The number of carboxylic acid groups (broad SMARTS) is 1. The molecule has 0 saturated carbocycles. The first-order chi connectivity index (χ1) is 10.1. The molecule has 21 heavy (non-hydrogen) atoms. The molecular formula is C16H26N2O3. The molecule has 0 aromatic heterocycles. The van der Waals surface area contributed by atoms with Gasteiger partial charge in [0, 0.05) is 26.1 Å². The van der Waals surface area contributed by atoms with Crippen LogP contribution in [0.1, 0.15) is 38.5 Å². The fraction of sp³-hybridized carbons (Fsp3) is 0.875. The number of carbonyl (C=O) groups is 2. The van der Waals surface area contributed by atoms with Gasteiger partial charge in [0.05, 0.1) is 5.92 Å². The Bertz CT molecular complexity index is 396. The Morgan fingerprint density at radius 2 is 1.67 bits per heavy atom. The van der Waals surface area contributed by atoms with E-state index in [9.17, 15) is 9.59 Å². The molecule has 1 amide bonds. The molecule has 4 rings (SSSR count). The molecule has 4 saturated heterocycles. The predicted molar refractivity (Wildman–Crippen MR) is 78.8 cm³/mol. The van der Waals surface area contributed by atoms with Gasteiger partial charge in [-0.1, -0.05) is 0 Å². The van der Waals surface area contributed by atoms with Crippen molar-refractivity contribution < 1.29 is 14.7 Å². The van der Waals surface area contributed by atoms with Crippen LogP contribution in [0.2, 0.25) is 0 Å². The summed E-state index contributed by atoms with van der Waals surface area (Å²) < 4.78 is 0. The Kier molecular flexibility index (Phi) is 4.48. The summed E-state index contributed by atoms with van der Waals surface area (Å²) >= 11 is 0. The molecule has 0 spiro atoms. The summed E-state index contributed by atoms with van der Waals surface area (Å²) in [5.41, 5.74) is 0. The summed E-state index contributed by atoms with van der Waals surface area (Å²) in [4.78, 5) is 27.6. The van der Waals surface area contributed by atoms with Gasteiger partial charge >= 0.3 is 5.97 Å². The minimum absolute atomic E-state index is 0.232. The number of likely N-dealkylation sites (tertiary alicyclic amines) is 1. The summed E-state index contributed by atoms with van der Waals surface area (Å²) in [7, 11) is 0. The highest BCUT2D eigenvalue weighted by atomic mass is 16.4. The van der Waals surface area contributed by atoms with Crippen molar-refractivity contribution in [3.8, 4) is 0 Å². The second-order valence-electron chi connectivity index (χ2n) is 6.93. The van der Waals surface area contributed by atoms with E-state index in [-0.39, 0.29) is 11.8 Å². The maximum Gasteiger partial charge on any atom is 0.306 e. The molecule has 4 fully saturated rings. The Morgan fingerprint density at radius 3 is 2.19 bits per heavy atom. The lowest BCUT2D eigenvalue weighted by atomic mass is 9.77. The SMILES string of the molecule is O=C(O)C1CCN(C(=O)CCC2CN3CCC2CC3)CC1. The first-order valence-corrected chi connectivity index (χ1v) is 8.36. The lowest BCUT2D eigenvalue weighted by Gasteiger charge is -2.45. The van der Waals surface area contributed by atoms with Crippen molar-refractivity contribution in [2.45, 2.75) is 38.5 Å². The van der Waals surface area contributed by atoms with Crippen molar-refractivity contribution in [1.29, 1.82) is 0 Å². The van der Waals surface area contributed by atoms with Crippen LogP contribution in [0.25, 0.3) is 0 Å². The Labute approximate surface area is 126 Å². The monoisotopic (exact) mass is 294 g/mol. The summed E-state index contributed by atoms with van der Waals surface area (Å²) in [6.45, 7) is 4.92. The fourth-order valence-electron chi connectivity index (χ4n) is 4.26. The topological polar surface area (TPSA) is 60.9 Å². The zero-order valence-corrected chi connectivity index (χ0v) is 12.7. The van der Waals surface area contributed by atoms with Crippen molar-refractivity contribution in [3.05, 3.63) is 0 Å². The summed E-state index contributed by atoms with van der Waals surface area (Å²) in [6, 6.07) is 0. The Balaban J connectivity index is 1.42. The van der Waals surface area contributed by atoms with Crippen LogP contribution in [-0.4, -0.2) is 59.5 Å². The lowest BCUT2D eigenvalue weighted by Crippen LogP contribution is -2.47. The van der Waals surface area contributed by atoms with Crippen LogP contribution in [-0.2, 0) is 9.59 Å². The number of rotatable bonds is 4. The third kappa shape index (κ3) is 3.39. The van der Waals surface area contributed by atoms with E-state index in [1.54, 1.807) is 0 Å². The molecule has 2 bridgehead atoms. The van der Waals surface area contributed by atoms with E-state index in [4.69, 9.17) is 5.11 Å². The van der Waals surface area contributed by atoms with Gasteiger partial charge in [0.1, 0.15) is 0 Å². The van der Waals surface area contributed by atoms with Crippen molar-refractivity contribution in [2.24, 2.45) is 17.8 Å². The number of aliphatic carboxylic acids is 1. The molecule has 1 unspecified atom stereocenters. The van der Waals surface area contributed by atoms with Crippen LogP contribution in [0.15, 0.2) is 0 Å². The molecule has 118 valence electrons. The van der Waals surface area contributed by atoms with Gasteiger partial charge in [-0.2, -0.15) is 0 Å². The van der Waals surface area contributed by atoms with Gasteiger partial charge in [-0.15, -0.1) is 0 Å². The molecule has 5 nitrogen and oxygen atoms in total. The van der Waals surface area contributed by atoms with E-state index in [1.807, 2.05) is 4.90 Å². The molecule has 0 aromatic carbocycles. The van der Waals surface area contributed by atoms with Gasteiger partial charge in [-0.05, 0) is 57.0 Å². The molecule has 0 aliphatic carbocycles. The van der Waals surface area contributed by atoms with Crippen LogP contribution >= 0.6 is 0 Å². The van der Waals surface area contributed by atoms with Crippen molar-refractivity contribution in [1.82, 2.24) is 9.80 Å². The van der Waals surface area contributed by atoms with Gasteiger partial charge in [0.25, 0.3) is 0 Å².